The van der Waals surface area contributed by atoms with E-state index in [0.717, 1.165) is 0 Å². The molecule has 0 bridgehead atoms. The molecule has 0 saturated carbocycles. The smallest absolute Gasteiger partial charge is 0.407 e. The summed E-state index contributed by atoms with van der Waals surface area (Å²) >= 11 is 0. The zero-order chi connectivity index (χ0) is 17.6. The van der Waals surface area contributed by atoms with Crippen LogP contribution in [0.15, 0.2) is 48.5 Å². The normalized spacial score (nSPS) is 12.4. The van der Waals surface area contributed by atoms with E-state index in [1.807, 2.05) is 24.3 Å². The van der Waals surface area contributed by atoms with Gasteiger partial charge in [0.2, 0.25) is 0 Å². The molecular formula is C20H22N2O3. The number of Topliss-reactive ketones (excluding diaryl/α,β-unsaturated/α-hetero) is 1. The first-order valence-electron chi connectivity index (χ1n) is 8.46. The van der Waals surface area contributed by atoms with E-state index in [2.05, 4.69) is 34.9 Å². The number of fused-ring (bicyclic) bond motifs is 3. The van der Waals surface area contributed by atoms with Gasteiger partial charge in [-0.3, -0.25) is 4.79 Å². The largest absolute Gasteiger partial charge is 0.449 e. The molecule has 5 nitrogen and oxygen atoms in total. The molecule has 3 rings (SSSR count). The molecule has 2 aromatic rings. The first kappa shape index (κ1) is 17.2. The molecule has 1 amide bonds. The maximum atomic E-state index is 11.9. The molecule has 1 aliphatic carbocycles. The van der Waals surface area contributed by atoms with Crippen LogP contribution >= 0.6 is 0 Å². The van der Waals surface area contributed by atoms with Gasteiger partial charge in [-0.25, -0.2) is 4.79 Å². The molecule has 2 N–H and O–H groups in total. The predicted octanol–water partition coefficient (Wildman–Crippen LogP) is 2.70. The quantitative estimate of drug-likeness (QED) is 0.762. The molecule has 0 unspecified atom stereocenters. The molecule has 0 saturated heterocycles. The maximum absolute atomic E-state index is 11.9. The molecule has 0 radical (unpaired) electrons. The minimum atomic E-state index is -0.438. The zero-order valence-corrected chi connectivity index (χ0v) is 14.2. The second-order valence-corrected chi connectivity index (χ2v) is 6.13. The van der Waals surface area contributed by atoms with E-state index in [1.54, 1.807) is 0 Å². The van der Waals surface area contributed by atoms with E-state index in [1.165, 1.54) is 29.2 Å². The Hall–Kier alpha value is -2.66. The number of nitrogens with one attached hydrogen (secondary N) is 2. The van der Waals surface area contributed by atoms with Crippen molar-refractivity contribution >= 4 is 11.9 Å². The van der Waals surface area contributed by atoms with Gasteiger partial charge in [0.1, 0.15) is 12.4 Å². The molecule has 5 heteroatoms. The van der Waals surface area contributed by atoms with Crippen LogP contribution in [0.25, 0.3) is 11.1 Å². The van der Waals surface area contributed by atoms with Crippen LogP contribution in [-0.4, -0.2) is 38.1 Å². The van der Waals surface area contributed by atoms with Crippen LogP contribution in [-0.2, 0) is 9.53 Å². The summed E-state index contributed by atoms with van der Waals surface area (Å²) in [5.74, 6) is 0.134. The fourth-order valence-electron chi connectivity index (χ4n) is 3.17. The van der Waals surface area contributed by atoms with Gasteiger partial charge in [-0.05, 0) is 29.2 Å². The summed E-state index contributed by atoms with van der Waals surface area (Å²) in [6.07, 6.45) is -0.438. The van der Waals surface area contributed by atoms with E-state index < -0.39 is 6.09 Å². The SMILES string of the molecule is CC(=O)CNCCNC(=O)OCC1c2ccccc2-c2ccccc21. The third-order valence-electron chi connectivity index (χ3n) is 4.29. The van der Waals surface area contributed by atoms with Crippen LogP contribution in [0, 0.1) is 0 Å². The molecule has 0 fully saturated rings. The van der Waals surface area contributed by atoms with Crippen LogP contribution < -0.4 is 10.6 Å². The van der Waals surface area contributed by atoms with Crippen molar-refractivity contribution in [2.75, 3.05) is 26.2 Å². The Morgan fingerprint density at radius 2 is 1.56 bits per heavy atom. The summed E-state index contributed by atoms with van der Waals surface area (Å²) < 4.78 is 5.42. The lowest BCUT2D eigenvalue weighted by molar-refractivity contribution is -0.116. The molecule has 0 aliphatic heterocycles. The van der Waals surface area contributed by atoms with Crippen LogP contribution in [0.1, 0.15) is 24.0 Å². The van der Waals surface area contributed by atoms with Crippen LogP contribution in [0.4, 0.5) is 4.79 Å². The number of rotatable bonds is 7. The Morgan fingerprint density at radius 1 is 0.960 bits per heavy atom. The van der Waals surface area contributed by atoms with Crippen molar-refractivity contribution in [3.63, 3.8) is 0 Å². The first-order chi connectivity index (χ1) is 12.2. The van der Waals surface area contributed by atoms with Gasteiger partial charge < -0.3 is 15.4 Å². The Balaban J connectivity index is 1.55. The monoisotopic (exact) mass is 338 g/mol. The van der Waals surface area contributed by atoms with Crippen molar-refractivity contribution in [3.05, 3.63) is 59.7 Å². The minimum Gasteiger partial charge on any atom is -0.449 e. The molecule has 0 heterocycles. The first-order valence-corrected chi connectivity index (χ1v) is 8.46. The molecule has 0 aromatic heterocycles. The highest BCUT2D eigenvalue weighted by Gasteiger charge is 2.28. The van der Waals surface area contributed by atoms with Crippen molar-refractivity contribution in [1.29, 1.82) is 0 Å². The van der Waals surface area contributed by atoms with Gasteiger partial charge >= 0.3 is 6.09 Å². The molecular weight excluding hydrogens is 316 g/mol. The highest BCUT2D eigenvalue weighted by Crippen LogP contribution is 2.44. The lowest BCUT2D eigenvalue weighted by atomic mass is 9.98. The van der Waals surface area contributed by atoms with Crippen molar-refractivity contribution < 1.29 is 14.3 Å². The summed E-state index contributed by atoms with van der Waals surface area (Å²) in [5.41, 5.74) is 4.81. The molecule has 1 aliphatic rings. The van der Waals surface area contributed by atoms with Crippen molar-refractivity contribution in [2.24, 2.45) is 0 Å². The second kappa shape index (κ2) is 7.94. The standard InChI is InChI=1S/C20H22N2O3/c1-14(23)12-21-10-11-22-20(24)25-13-19-17-8-4-2-6-15(17)16-7-3-5-9-18(16)19/h2-9,19,21H,10-13H2,1H3,(H,22,24). The average molecular weight is 338 g/mol. The topological polar surface area (TPSA) is 67.4 Å². The van der Waals surface area contributed by atoms with Gasteiger partial charge in [0.15, 0.2) is 0 Å². The van der Waals surface area contributed by atoms with Crippen LogP contribution in [0.3, 0.4) is 0 Å². The summed E-state index contributed by atoms with van der Waals surface area (Å²) in [4.78, 5) is 22.7. The number of benzene rings is 2. The Kier molecular flexibility index (Phi) is 5.46. The van der Waals surface area contributed by atoms with Crippen LogP contribution in [0.5, 0.6) is 0 Å². The van der Waals surface area contributed by atoms with Crippen LogP contribution in [0.2, 0.25) is 0 Å². The van der Waals surface area contributed by atoms with Crippen molar-refractivity contribution in [1.82, 2.24) is 10.6 Å². The number of alkyl carbamates (subject to hydrolysis) is 1. The van der Waals surface area contributed by atoms with E-state index in [0.29, 0.717) is 26.2 Å². The summed E-state index contributed by atoms with van der Waals surface area (Å²) in [6.45, 7) is 3.09. The fraction of sp³-hybridized carbons (Fsp3) is 0.300. The number of ether oxygens (including phenoxy) is 1. The number of carbonyl (C=O) groups is 2. The summed E-state index contributed by atoms with van der Waals surface area (Å²) in [5, 5.41) is 5.64. The highest BCUT2D eigenvalue weighted by molar-refractivity contribution is 5.79. The average Bonchev–Trinajstić information content (AvgIpc) is 2.93. The van der Waals surface area contributed by atoms with Gasteiger partial charge in [0.25, 0.3) is 0 Å². The number of carbonyl (C=O) groups excluding carboxylic acids is 2. The number of ketones is 1. The summed E-state index contributed by atoms with van der Waals surface area (Å²) in [6, 6.07) is 16.5. The Labute approximate surface area is 147 Å². The molecule has 0 atom stereocenters. The van der Waals surface area contributed by atoms with Gasteiger partial charge in [-0.15, -0.1) is 0 Å². The Bertz CT molecular complexity index is 728. The predicted molar refractivity (Wildman–Crippen MR) is 96.6 cm³/mol. The summed E-state index contributed by atoms with van der Waals surface area (Å²) in [7, 11) is 0. The molecule has 25 heavy (non-hydrogen) atoms. The Morgan fingerprint density at radius 3 is 2.16 bits per heavy atom. The van der Waals surface area contributed by atoms with Crippen molar-refractivity contribution in [3.8, 4) is 11.1 Å². The third kappa shape index (κ3) is 4.06. The van der Waals surface area contributed by atoms with E-state index >= 15 is 0 Å². The van der Waals surface area contributed by atoms with E-state index in [9.17, 15) is 9.59 Å². The van der Waals surface area contributed by atoms with E-state index in [-0.39, 0.29) is 11.7 Å². The van der Waals surface area contributed by atoms with Gasteiger partial charge in [-0.2, -0.15) is 0 Å². The lowest BCUT2D eigenvalue weighted by Crippen LogP contribution is -2.34. The maximum Gasteiger partial charge on any atom is 0.407 e. The third-order valence-corrected chi connectivity index (χ3v) is 4.29. The van der Waals surface area contributed by atoms with Gasteiger partial charge in [-0.1, -0.05) is 48.5 Å². The fourth-order valence-corrected chi connectivity index (χ4v) is 3.17. The minimum absolute atomic E-state index is 0.0639. The second-order valence-electron chi connectivity index (χ2n) is 6.13. The zero-order valence-electron chi connectivity index (χ0n) is 14.2. The number of hydrogen-bond acceptors (Lipinski definition) is 4. The molecule has 0 spiro atoms. The van der Waals surface area contributed by atoms with E-state index in [4.69, 9.17) is 4.74 Å². The molecule has 130 valence electrons. The van der Waals surface area contributed by atoms with Crippen molar-refractivity contribution in [2.45, 2.75) is 12.8 Å². The number of hydrogen-bond donors (Lipinski definition) is 2. The lowest BCUT2D eigenvalue weighted by Gasteiger charge is -2.14. The molecule has 2 aromatic carbocycles. The number of amides is 1. The van der Waals surface area contributed by atoms with Gasteiger partial charge in [0.05, 0.1) is 6.54 Å². The highest BCUT2D eigenvalue weighted by atomic mass is 16.5. The van der Waals surface area contributed by atoms with Gasteiger partial charge in [0, 0.05) is 19.0 Å².